The van der Waals surface area contributed by atoms with E-state index in [4.69, 9.17) is 14.2 Å². The summed E-state index contributed by atoms with van der Waals surface area (Å²) in [7, 11) is 0. The van der Waals surface area contributed by atoms with E-state index in [1.54, 1.807) is 0 Å². The topological polar surface area (TPSA) is 61.7 Å². The predicted molar refractivity (Wildman–Crippen MR) is 121 cm³/mol. The molecule has 3 aliphatic rings. The Morgan fingerprint density at radius 2 is 1.84 bits per heavy atom. The maximum atomic E-state index is 13.6. The summed E-state index contributed by atoms with van der Waals surface area (Å²) in [4.78, 5) is 13.6. The predicted octanol–water partition coefficient (Wildman–Crippen LogP) is 4.36. The van der Waals surface area contributed by atoms with Crippen molar-refractivity contribution in [3.8, 4) is 11.5 Å². The summed E-state index contributed by atoms with van der Waals surface area (Å²) in [6.45, 7) is 6.64. The molecule has 2 aliphatic heterocycles. The van der Waals surface area contributed by atoms with Gasteiger partial charge in [0, 0.05) is 42.8 Å². The van der Waals surface area contributed by atoms with Gasteiger partial charge in [-0.1, -0.05) is 19.3 Å². The van der Waals surface area contributed by atoms with Gasteiger partial charge in [-0.05, 0) is 57.6 Å². The number of hydrogen-bond donors (Lipinski definition) is 1. The van der Waals surface area contributed by atoms with Crippen LogP contribution in [0.5, 0.6) is 11.5 Å². The Hall–Kier alpha value is -2.05. The SMILES string of the molecule is CC1(C)C[C@H](NCc2cc3cc4c(cc3n(CC3CCCCC3)c2=O)OCO4)CCO1. The van der Waals surface area contributed by atoms with Crippen molar-refractivity contribution < 1.29 is 14.2 Å². The van der Waals surface area contributed by atoms with Crippen molar-refractivity contribution in [2.24, 2.45) is 5.92 Å². The van der Waals surface area contributed by atoms with E-state index in [-0.39, 0.29) is 18.0 Å². The Bertz CT molecular complexity index is 1010. The first kappa shape index (κ1) is 20.8. The van der Waals surface area contributed by atoms with Crippen LogP contribution < -0.4 is 20.3 Å². The lowest BCUT2D eigenvalue weighted by Crippen LogP contribution is -2.44. The maximum Gasteiger partial charge on any atom is 0.255 e. The van der Waals surface area contributed by atoms with Gasteiger partial charge < -0.3 is 24.1 Å². The summed E-state index contributed by atoms with van der Waals surface area (Å²) in [6.07, 6.45) is 8.20. The smallest absolute Gasteiger partial charge is 0.255 e. The van der Waals surface area contributed by atoms with Gasteiger partial charge in [0.15, 0.2) is 11.5 Å². The largest absolute Gasteiger partial charge is 0.454 e. The molecule has 2 aromatic rings. The molecule has 2 fully saturated rings. The van der Waals surface area contributed by atoms with E-state index in [0.717, 1.165) is 54.0 Å². The number of hydrogen-bond acceptors (Lipinski definition) is 5. The fourth-order valence-electron chi connectivity index (χ4n) is 5.42. The van der Waals surface area contributed by atoms with Crippen molar-refractivity contribution in [2.45, 2.75) is 83.5 Å². The first-order valence-corrected chi connectivity index (χ1v) is 11.8. The monoisotopic (exact) mass is 426 g/mol. The Morgan fingerprint density at radius 3 is 2.61 bits per heavy atom. The zero-order valence-electron chi connectivity index (χ0n) is 18.7. The highest BCUT2D eigenvalue weighted by molar-refractivity contribution is 5.84. The molecule has 0 spiro atoms. The van der Waals surface area contributed by atoms with E-state index in [2.05, 4.69) is 19.2 Å². The highest BCUT2D eigenvalue weighted by atomic mass is 16.7. The number of nitrogens with one attached hydrogen (secondary N) is 1. The highest BCUT2D eigenvalue weighted by Crippen LogP contribution is 2.36. The van der Waals surface area contributed by atoms with Crippen molar-refractivity contribution in [3.05, 3.63) is 34.1 Å². The van der Waals surface area contributed by atoms with Crippen molar-refractivity contribution in [1.29, 1.82) is 0 Å². The van der Waals surface area contributed by atoms with Crippen LogP contribution in [0, 0.1) is 5.92 Å². The van der Waals surface area contributed by atoms with Crippen molar-refractivity contribution in [1.82, 2.24) is 9.88 Å². The second kappa shape index (κ2) is 8.47. The van der Waals surface area contributed by atoms with Crippen LogP contribution in [-0.4, -0.2) is 29.6 Å². The lowest BCUT2D eigenvalue weighted by atomic mass is 9.89. The molecule has 0 amide bonds. The van der Waals surface area contributed by atoms with Crippen LogP contribution in [0.15, 0.2) is 23.0 Å². The maximum absolute atomic E-state index is 13.6. The first-order chi connectivity index (χ1) is 15.0. The molecule has 0 radical (unpaired) electrons. The summed E-state index contributed by atoms with van der Waals surface area (Å²) in [5.74, 6) is 2.07. The van der Waals surface area contributed by atoms with Crippen molar-refractivity contribution in [2.75, 3.05) is 13.4 Å². The van der Waals surface area contributed by atoms with E-state index < -0.39 is 0 Å². The van der Waals surface area contributed by atoms with Gasteiger partial charge in [0.2, 0.25) is 6.79 Å². The number of benzene rings is 1. The van der Waals surface area contributed by atoms with Crippen LogP contribution in [0.1, 0.15) is 64.4 Å². The van der Waals surface area contributed by atoms with Gasteiger partial charge in [-0.25, -0.2) is 0 Å². The quantitative estimate of drug-likeness (QED) is 0.770. The number of rotatable bonds is 5. The molecule has 1 atom stereocenters. The molecule has 0 unspecified atom stereocenters. The minimum atomic E-state index is -0.113. The van der Waals surface area contributed by atoms with Crippen LogP contribution in [0.3, 0.4) is 0 Å². The molecule has 1 aromatic heterocycles. The number of nitrogens with zero attached hydrogens (tertiary/aromatic N) is 1. The summed E-state index contributed by atoms with van der Waals surface area (Å²) >= 11 is 0. The molecule has 6 heteroatoms. The van der Waals surface area contributed by atoms with Gasteiger partial charge in [-0.15, -0.1) is 0 Å². The molecule has 3 heterocycles. The molecule has 5 rings (SSSR count). The van der Waals surface area contributed by atoms with E-state index >= 15 is 0 Å². The number of aromatic nitrogens is 1. The van der Waals surface area contributed by atoms with E-state index in [0.29, 0.717) is 18.5 Å². The second-order valence-electron chi connectivity index (χ2n) is 10.0. The third-order valence-electron chi connectivity index (χ3n) is 7.11. The first-order valence-electron chi connectivity index (χ1n) is 11.8. The van der Waals surface area contributed by atoms with Gasteiger partial charge in [-0.2, -0.15) is 0 Å². The van der Waals surface area contributed by atoms with E-state index in [1.165, 1.54) is 32.1 Å². The lowest BCUT2D eigenvalue weighted by Gasteiger charge is -2.36. The second-order valence-corrected chi connectivity index (χ2v) is 10.0. The molecule has 31 heavy (non-hydrogen) atoms. The fraction of sp³-hybridized carbons (Fsp3) is 0.640. The molecule has 1 saturated heterocycles. The summed E-state index contributed by atoms with van der Waals surface area (Å²) in [5, 5.41) is 4.68. The number of fused-ring (bicyclic) bond motifs is 2. The van der Waals surface area contributed by atoms with Gasteiger partial charge in [0.1, 0.15) is 0 Å². The van der Waals surface area contributed by atoms with Crippen molar-refractivity contribution in [3.63, 3.8) is 0 Å². The van der Waals surface area contributed by atoms with Gasteiger partial charge >= 0.3 is 0 Å². The van der Waals surface area contributed by atoms with Crippen LogP contribution >= 0.6 is 0 Å². The van der Waals surface area contributed by atoms with E-state index in [1.807, 2.05) is 22.8 Å². The minimum absolute atomic E-state index is 0.113. The zero-order valence-corrected chi connectivity index (χ0v) is 18.7. The standard InChI is InChI=1S/C25H34N2O4/c1-25(2)13-20(8-9-31-25)26-14-19-10-18-11-22-23(30-16-29-22)12-21(18)27(24(19)28)15-17-6-4-3-5-7-17/h10-12,17,20,26H,3-9,13-16H2,1-2H3/t20-/m1/s1. The molecule has 1 N–H and O–H groups in total. The molecule has 1 aromatic carbocycles. The highest BCUT2D eigenvalue weighted by Gasteiger charge is 2.29. The van der Waals surface area contributed by atoms with Crippen molar-refractivity contribution >= 4 is 10.9 Å². The van der Waals surface area contributed by atoms with Crippen LogP contribution in [0.25, 0.3) is 10.9 Å². The van der Waals surface area contributed by atoms with Gasteiger partial charge in [0.05, 0.1) is 11.1 Å². The average molecular weight is 427 g/mol. The molecule has 6 nitrogen and oxygen atoms in total. The van der Waals surface area contributed by atoms with Crippen LogP contribution in [-0.2, 0) is 17.8 Å². The molecule has 1 aliphatic carbocycles. The summed E-state index contributed by atoms with van der Waals surface area (Å²) in [6, 6.07) is 6.41. The van der Waals surface area contributed by atoms with E-state index in [9.17, 15) is 4.79 Å². The molecular formula is C25H34N2O4. The Labute approximate surface area is 183 Å². The Kier molecular flexibility index (Phi) is 5.69. The molecular weight excluding hydrogens is 392 g/mol. The van der Waals surface area contributed by atoms with Gasteiger partial charge in [-0.3, -0.25) is 4.79 Å². The average Bonchev–Trinajstić information content (AvgIpc) is 3.21. The van der Waals surface area contributed by atoms with Crippen LogP contribution in [0.2, 0.25) is 0 Å². The zero-order chi connectivity index (χ0) is 21.4. The number of pyridine rings is 1. The summed E-state index contributed by atoms with van der Waals surface area (Å²) < 4.78 is 19.1. The number of ether oxygens (including phenoxy) is 3. The Balaban J connectivity index is 1.46. The normalized spacial score (nSPS) is 23.4. The fourth-order valence-corrected chi connectivity index (χ4v) is 5.42. The summed E-state index contributed by atoms with van der Waals surface area (Å²) in [5.41, 5.74) is 1.79. The van der Waals surface area contributed by atoms with Gasteiger partial charge in [0.25, 0.3) is 5.56 Å². The lowest BCUT2D eigenvalue weighted by molar-refractivity contribution is -0.0630. The third kappa shape index (κ3) is 4.46. The molecule has 168 valence electrons. The van der Waals surface area contributed by atoms with Crippen LogP contribution in [0.4, 0.5) is 0 Å². The molecule has 0 bridgehead atoms. The molecule has 1 saturated carbocycles. The minimum Gasteiger partial charge on any atom is -0.454 e. The Morgan fingerprint density at radius 1 is 1.06 bits per heavy atom. The third-order valence-corrected chi connectivity index (χ3v) is 7.11.